The van der Waals surface area contributed by atoms with Crippen molar-refractivity contribution in [1.82, 2.24) is 0 Å². The molecule has 108 valence electrons. The van der Waals surface area contributed by atoms with Crippen molar-refractivity contribution in [2.24, 2.45) is 0 Å². The lowest BCUT2D eigenvalue weighted by Gasteiger charge is -2.08. The fourth-order valence-electron chi connectivity index (χ4n) is 1.88. The smallest absolute Gasteiger partial charge is 0.296 e. The maximum atomic E-state index is 12.1. The van der Waals surface area contributed by atoms with Crippen molar-refractivity contribution in [3.05, 3.63) is 63.7 Å². The summed E-state index contributed by atoms with van der Waals surface area (Å²) in [4.78, 5) is 22.6. The van der Waals surface area contributed by atoms with Gasteiger partial charge in [0.05, 0.1) is 18.1 Å². The Morgan fingerprint density at radius 1 is 1.24 bits per heavy atom. The Hall–Kier alpha value is -2.89. The number of rotatable bonds is 4. The summed E-state index contributed by atoms with van der Waals surface area (Å²) < 4.78 is 4.95. The van der Waals surface area contributed by atoms with Gasteiger partial charge in [-0.25, -0.2) is 0 Å². The Labute approximate surface area is 121 Å². The van der Waals surface area contributed by atoms with Gasteiger partial charge in [0.1, 0.15) is 11.4 Å². The molecule has 2 aromatic rings. The van der Waals surface area contributed by atoms with Gasteiger partial charge in [-0.05, 0) is 31.2 Å². The highest BCUT2D eigenvalue weighted by molar-refractivity contribution is 6.05. The summed E-state index contributed by atoms with van der Waals surface area (Å²) in [5.41, 5.74) is 1.30. The molecule has 0 saturated heterocycles. The van der Waals surface area contributed by atoms with Gasteiger partial charge in [-0.1, -0.05) is 17.7 Å². The normalized spacial score (nSPS) is 10.0. The quantitative estimate of drug-likeness (QED) is 0.691. The van der Waals surface area contributed by atoms with Crippen molar-refractivity contribution in [1.29, 1.82) is 0 Å². The number of nitro groups is 1. The number of nitrogens with zero attached hydrogens (tertiary/aromatic N) is 1. The first-order chi connectivity index (χ1) is 10.0. The van der Waals surface area contributed by atoms with Gasteiger partial charge in [0.25, 0.3) is 11.6 Å². The summed E-state index contributed by atoms with van der Waals surface area (Å²) in [6.45, 7) is 1.87. The van der Waals surface area contributed by atoms with Gasteiger partial charge >= 0.3 is 0 Å². The maximum Gasteiger partial charge on any atom is 0.296 e. The van der Waals surface area contributed by atoms with Crippen LogP contribution in [-0.4, -0.2) is 17.9 Å². The van der Waals surface area contributed by atoms with Crippen molar-refractivity contribution in [2.75, 3.05) is 12.4 Å². The molecular weight excluding hydrogens is 272 g/mol. The molecule has 1 N–H and O–H groups in total. The average molecular weight is 286 g/mol. The van der Waals surface area contributed by atoms with Gasteiger partial charge in [0.15, 0.2) is 0 Å². The molecule has 0 aliphatic carbocycles. The molecule has 2 rings (SSSR count). The van der Waals surface area contributed by atoms with E-state index in [9.17, 15) is 14.9 Å². The van der Waals surface area contributed by atoms with Crippen molar-refractivity contribution in [3.63, 3.8) is 0 Å². The third kappa shape index (κ3) is 3.36. The molecule has 6 nitrogen and oxygen atoms in total. The third-order valence-corrected chi connectivity index (χ3v) is 2.93. The molecule has 0 heterocycles. The van der Waals surface area contributed by atoms with Gasteiger partial charge in [0.2, 0.25) is 0 Å². The van der Waals surface area contributed by atoms with Gasteiger partial charge in [0, 0.05) is 5.56 Å². The van der Waals surface area contributed by atoms with Crippen LogP contribution in [0.15, 0.2) is 42.5 Å². The summed E-state index contributed by atoms with van der Waals surface area (Å²) in [7, 11) is 1.42. The fraction of sp³-hybridized carbons (Fsp3) is 0.133. The molecule has 0 aromatic heterocycles. The highest BCUT2D eigenvalue weighted by atomic mass is 16.6. The second-order valence-corrected chi connectivity index (χ2v) is 4.46. The lowest BCUT2D eigenvalue weighted by Crippen LogP contribution is -2.13. The number of nitrogens with one attached hydrogen (secondary N) is 1. The van der Waals surface area contributed by atoms with Crippen LogP contribution in [0.4, 0.5) is 11.4 Å². The number of anilines is 1. The van der Waals surface area contributed by atoms with Crippen LogP contribution in [0.5, 0.6) is 5.75 Å². The minimum Gasteiger partial charge on any atom is -0.496 e. The molecule has 0 aliphatic rings. The Morgan fingerprint density at radius 2 is 2.00 bits per heavy atom. The number of ether oxygens (including phenoxy) is 1. The van der Waals surface area contributed by atoms with E-state index in [-0.39, 0.29) is 11.4 Å². The Bertz CT molecular complexity index is 698. The highest BCUT2D eigenvalue weighted by Crippen LogP contribution is 2.29. The van der Waals surface area contributed by atoms with E-state index in [1.807, 2.05) is 13.0 Å². The van der Waals surface area contributed by atoms with Gasteiger partial charge in [-0.3, -0.25) is 14.9 Å². The van der Waals surface area contributed by atoms with Crippen LogP contribution in [0.3, 0.4) is 0 Å². The third-order valence-electron chi connectivity index (χ3n) is 2.93. The Balaban J connectivity index is 2.31. The molecule has 0 bridgehead atoms. The second kappa shape index (κ2) is 6.04. The SMILES string of the molecule is COc1ccc(NC(=O)c2cccc(C)c2)c([N+](=O)[O-])c1. The number of nitro benzene ring substituents is 1. The van der Waals surface area contributed by atoms with E-state index in [1.165, 1.54) is 19.2 Å². The lowest BCUT2D eigenvalue weighted by molar-refractivity contribution is -0.384. The van der Waals surface area contributed by atoms with E-state index < -0.39 is 10.8 Å². The highest BCUT2D eigenvalue weighted by Gasteiger charge is 2.17. The van der Waals surface area contributed by atoms with Crippen molar-refractivity contribution in [2.45, 2.75) is 6.92 Å². The predicted molar refractivity (Wildman–Crippen MR) is 78.8 cm³/mol. The first-order valence-electron chi connectivity index (χ1n) is 6.21. The van der Waals surface area contributed by atoms with E-state index in [0.29, 0.717) is 11.3 Å². The topological polar surface area (TPSA) is 81.5 Å². The number of amides is 1. The zero-order valence-corrected chi connectivity index (χ0v) is 11.6. The average Bonchev–Trinajstić information content (AvgIpc) is 2.47. The van der Waals surface area contributed by atoms with Crippen molar-refractivity contribution >= 4 is 17.3 Å². The van der Waals surface area contributed by atoms with Gasteiger partial charge < -0.3 is 10.1 Å². The summed E-state index contributed by atoms with van der Waals surface area (Å²) >= 11 is 0. The molecule has 6 heteroatoms. The second-order valence-electron chi connectivity index (χ2n) is 4.46. The number of carbonyl (C=O) groups excluding carboxylic acids is 1. The molecule has 0 saturated carbocycles. The molecule has 0 radical (unpaired) electrons. The first kappa shape index (κ1) is 14.5. The minimum absolute atomic E-state index is 0.132. The molecule has 0 fully saturated rings. The zero-order chi connectivity index (χ0) is 15.4. The van der Waals surface area contributed by atoms with Crippen LogP contribution in [0.2, 0.25) is 0 Å². The van der Waals surface area contributed by atoms with Crippen LogP contribution < -0.4 is 10.1 Å². The van der Waals surface area contributed by atoms with E-state index in [1.54, 1.807) is 24.3 Å². The van der Waals surface area contributed by atoms with Crippen molar-refractivity contribution in [3.8, 4) is 5.75 Å². The van der Waals surface area contributed by atoms with Crippen LogP contribution in [0.25, 0.3) is 0 Å². The molecule has 0 atom stereocenters. The van der Waals surface area contributed by atoms with Crippen LogP contribution >= 0.6 is 0 Å². The first-order valence-corrected chi connectivity index (χ1v) is 6.21. The van der Waals surface area contributed by atoms with Gasteiger partial charge in [-0.15, -0.1) is 0 Å². The number of methoxy groups -OCH3 is 1. The summed E-state index contributed by atoms with van der Waals surface area (Å²) in [6.07, 6.45) is 0. The van der Waals surface area contributed by atoms with Crippen LogP contribution in [0.1, 0.15) is 15.9 Å². The van der Waals surface area contributed by atoms with E-state index >= 15 is 0 Å². The standard InChI is InChI=1S/C15H14N2O4/c1-10-4-3-5-11(8-10)15(18)16-13-7-6-12(21-2)9-14(13)17(19)20/h3-9H,1-2H3,(H,16,18). The summed E-state index contributed by atoms with van der Waals surface area (Å²) in [6, 6.07) is 11.3. The molecule has 0 spiro atoms. The number of hydrogen-bond donors (Lipinski definition) is 1. The number of benzene rings is 2. The Kier molecular flexibility index (Phi) is 4.18. The molecule has 2 aromatic carbocycles. The molecular formula is C15H14N2O4. The van der Waals surface area contributed by atoms with Crippen LogP contribution in [-0.2, 0) is 0 Å². The van der Waals surface area contributed by atoms with E-state index in [0.717, 1.165) is 5.56 Å². The summed E-state index contributed by atoms with van der Waals surface area (Å²) in [5.74, 6) is -0.0396. The summed E-state index contributed by atoms with van der Waals surface area (Å²) in [5, 5.41) is 13.6. The molecule has 1 amide bonds. The van der Waals surface area contributed by atoms with Gasteiger partial charge in [-0.2, -0.15) is 0 Å². The van der Waals surface area contributed by atoms with Crippen molar-refractivity contribution < 1.29 is 14.5 Å². The van der Waals surface area contributed by atoms with Crippen LogP contribution in [0, 0.1) is 17.0 Å². The lowest BCUT2D eigenvalue weighted by atomic mass is 10.1. The number of hydrogen-bond acceptors (Lipinski definition) is 4. The van der Waals surface area contributed by atoms with E-state index in [4.69, 9.17) is 4.74 Å². The number of carbonyl (C=O) groups is 1. The predicted octanol–water partition coefficient (Wildman–Crippen LogP) is 3.16. The fourth-order valence-corrected chi connectivity index (χ4v) is 1.88. The molecule has 0 unspecified atom stereocenters. The maximum absolute atomic E-state index is 12.1. The molecule has 21 heavy (non-hydrogen) atoms. The Morgan fingerprint density at radius 3 is 2.62 bits per heavy atom. The number of aryl methyl sites for hydroxylation is 1. The minimum atomic E-state index is -0.561. The molecule has 0 aliphatic heterocycles. The zero-order valence-electron chi connectivity index (χ0n) is 11.6. The largest absolute Gasteiger partial charge is 0.496 e. The van der Waals surface area contributed by atoms with E-state index in [2.05, 4.69) is 5.32 Å². The monoisotopic (exact) mass is 286 g/mol.